The molecule has 0 spiro atoms. The van der Waals surface area contributed by atoms with E-state index in [0.29, 0.717) is 6.54 Å². The molecular formula is C13H23NO2. The second-order valence-electron chi connectivity index (χ2n) is 5.82. The van der Waals surface area contributed by atoms with E-state index in [0.717, 1.165) is 24.7 Å². The molecule has 0 aromatic carbocycles. The molecule has 0 saturated heterocycles. The van der Waals surface area contributed by atoms with Gasteiger partial charge in [0.1, 0.15) is 0 Å². The first kappa shape index (κ1) is 11.9. The van der Waals surface area contributed by atoms with Gasteiger partial charge in [-0.1, -0.05) is 25.7 Å². The second kappa shape index (κ2) is 4.74. The Labute approximate surface area is 97.4 Å². The Morgan fingerprint density at radius 2 is 1.94 bits per heavy atom. The predicted octanol–water partition coefficient (Wildman–Crippen LogP) is 2.40. The standard InChI is InChI=1S/C13H23NO2/c14-9-13(8-12(15)16)6-5-10-3-1-2-4-11(10)7-13/h10-11H,1-9,14H2,(H,15,16)/t10-,11-,13-/m0/s1. The number of rotatable bonds is 3. The molecule has 2 aliphatic rings. The molecule has 16 heavy (non-hydrogen) atoms. The van der Waals surface area contributed by atoms with E-state index in [4.69, 9.17) is 10.8 Å². The average Bonchev–Trinajstić information content (AvgIpc) is 2.28. The third-order valence-electron chi connectivity index (χ3n) is 4.77. The van der Waals surface area contributed by atoms with Crippen molar-refractivity contribution in [2.75, 3.05) is 6.54 Å². The van der Waals surface area contributed by atoms with Crippen LogP contribution in [-0.2, 0) is 4.79 Å². The number of nitrogens with two attached hydrogens (primary N) is 1. The summed E-state index contributed by atoms with van der Waals surface area (Å²) in [5.74, 6) is 0.937. The van der Waals surface area contributed by atoms with Gasteiger partial charge in [-0.25, -0.2) is 0 Å². The highest BCUT2D eigenvalue weighted by molar-refractivity contribution is 5.67. The van der Waals surface area contributed by atoms with E-state index in [1.165, 1.54) is 32.1 Å². The van der Waals surface area contributed by atoms with E-state index in [-0.39, 0.29) is 11.8 Å². The van der Waals surface area contributed by atoms with Crippen molar-refractivity contribution in [3.63, 3.8) is 0 Å². The quantitative estimate of drug-likeness (QED) is 0.775. The van der Waals surface area contributed by atoms with Crippen molar-refractivity contribution >= 4 is 5.97 Å². The molecule has 2 rings (SSSR count). The number of aliphatic carboxylic acids is 1. The fourth-order valence-corrected chi connectivity index (χ4v) is 3.82. The SMILES string of the molecule is NC[C@@]1(CC(=O)O)CC[C@@H]2CCCC[C@H]2C1. The molecule has 2 aliphatic carbocycles. The minimum Gasteiger partial charge on any atom is -0.481 e. The van der Waals surface area contributed by atoms with Crippen LogP contribution in [-0.4, -0.2) is 17.6 Å². The fourth-order valence-electron chi connectivity index (χ4n) is 3.82. The lowest BCUT2D eigenvalue weighted by atomic mass is 9.60. The van der Waals surface area contributed by atoms with E-state index in [9.17, 15) is 4.79 Å². The van der Waals surface area contributed by atoms with Crippen LogP contribution in [0.4, 0.5) is 0 Å². The zero-order chi connectivity index (χ0) is 11.6. The molecule has 3 N–H and O–H groups in total. The molecule has 3 heteroatoms. The fraction of sp³-hybridized carbons (Fsp3) is 0.923. The largest absolute Gasteiger partial charge is 0.481 e. The third kappa shape index (κ3) is 2.40. The van der Waals surface area contributed by atoms with Crippen molar-refractivity contribution in [1.29, 1.82) is 0 Å². The lowest BCUT2D eigenvalue weighted by molar-refractivity contribution is -0.141. The smallest absolute Gasteiger partial charge is 0.303 e. The Morgan fingerprint density at radius 1 is 1.25 bits per heavy atom. The van der Waals surface area contributed by atoms with E-state index in [2.05, 4.69) is 0 Å². The molecular weight excluding hydrogens is 202 g/mol. The van der Waals surface area contributed by atoms with Gasteiger partial charge in [0.15, 0.2) is 0 Å². The normalized spacial score (nSPS) is 39.1. The molecule has 3 atom stereocenters. The maximum Gasteiger partial charge on any atom is 0.303 e. The molecule has 0 unspecified atom stereocenters. The molecule has 0 aromatic rings. The van der Waals surface area contributed by atoms with Crippen LogP contribution in [0.5, 0.6) is 0 Å². The summed E-state index contributed by atoms with van der Waals surface area (Å²) in [5, 5.41) is 9.00. The van der Waals surface area contributed by atoms with Gasteiger partial charge in [0.05, 0.1) is 6.42 Å². The first-order valence-corrected chi connectivity index (χ1v) is 6.57. The predicted molar refractivity (Wildman–Crippen MR) is 63.0 cm³/mol. The van der Waals surface area contributed by atoms with E-state index >= 15 is 0 Å². The number of fused-ring (bicyclic) bond motifs is 1. The van der Waals surface area contributed by atoms with Crippen LogP contribution in [0.25, 0.3) is 0 Å². The first-order chi connectivity index (χ1) is 7.65. The Morgan fingerprint density at radius 3 is 2.56 bits per heavy atom. The highest BCUT2D eigenvalue weighted by Gasteiger charge is 2.41. The molecule has 0 aromatic heterocycles. The van der Waals surface area contributed by atoms with Gasteiger partial charge in [0, 0.05) is 0 Å². The van der Waals surface area contributed by atoms with Gasteiger partial charge in [-0.05, 0) is 43.1 Å². The van der Waals surface area contributed by atoms with Crippen molar-refractivity contribution in [2.45, 2.75) is 51.4 Å². The summed E-state index contributed by atoms with van der Waals surface area (Å²) >= 11 is 0. The van der Waals surface area contributed by atoms with Gasteiger partial charge in [-0.15, -0.1) is 0 Å². The Bertz CT molecular complexity index is 267. The molecule has 92 valence electrons. The Kier molecular flexibility index (Phi) is 3.53. The van der Waals surface area contributed by atoms with Gasteiger partial charge >= 0.3 is 5.97 Å². The molecule has 0 amide bonds. The summed E-state index contributed by atoms with van der Waals surface area (Å²) in [5.41, 5.74) is 5.75. The van der Waals surface area contributed by atoms with Crippen molar-refractivity contribution in [3.8, 4) is 0 Å². The molecule has 2 saturated carbocycles. The highest BCUT2D eigenvalue weighted by atomic mass is 16.4. The number of hydrogen-bond donors (Lipinski definition) is 2. The summed E-state index contributed by atoms with van der Waals surface area (Å²) in [6.07, 6.45) is 8.91. The van der Waals surface area contributed by atoms with Crippen LogP contribution < -0.4 is 5.73 Å². The maximum absolute atomic E-state index is 10.9. The first-order valence-electron chi connectivity index (χ1n) is 6.57. The Balaban J connectivity index is 2.03. The zero-order valence-corrected chi connectivity index (χ0v) is 9.95. The minimum atomic E-state index is -0.681. The van der Waals surface area contributed by atoms with E-state index < -0.39 is 5.97 Å². The lowest BCUT2D eigenvalue weighted by Crippen LogP contribution is -2.41. The summed E-state index contributed by atoms with van der Waals surface area (Å²) in [6.45, 7) is 0.544. The summed E-state index contributed by atoms with van der Waals surface area (Å²) in [6, 6.07) is 0. The van der Waals surface area contributed by atoms with Crippen LogP contribution in [0.1, 0.15) is 51.4 Å². The van der Waals surface area contributed by atoms with Crippen LogP contribution >= 0.6 is 0 Å². The summed E-state index contributed by atoms with van der Waals surface area (Å²) in [7, 11) is 0. The number of carboxylic acids is 1. The van der Waals surface area contributed by atoms with Crippen molar-refractivity contribution in [1.82, 2.24) is 0 Å². The van der Waals surface area contributed by atoms with Crippen LogP contribution in [0.2, 0.25) is 0 Å². The van der Waals surface area contributed by atoms with E-state index in [1.54, 1.807) is 0 Å². The molecule has 0 radical (unpaired) electrons. The number of hydrogen-bond acceptors (Lipinski definition) is 2. The summed E-state index contributed by atoms with van der Waals surface area (Å²) < 4.78 is 0. The van der Waals surface area contributed by atoms with Gasteiger partial charge in [-0.2, -0.15) is 0 Å². The molecule has 0 aliphatic heterocycles. The molecule has 2 fully saturated rings. The number of carboxylic acid groups (broad SMARTS) is 1. The second-order valence-corrected chi connectivity index (χ2v) is 5.82. The lowest BCUT2D eigenvalue weighted by Gasteiger charge is -2.45. The molecule has 3 nitrogen and oxygen atoms in total. The summed E-state index contributed by atoms with van der Waals surface area (Å²) in [4.78, 5) is 10.9. The third-order valence-corrected chi connectivity index (χ3v) is 4.77. The van der Waals surface area contributed by atoms with Gasteiger partial charge in [0.25, 0.3) is 0 Å². The topological polar surface area (TPSA) is 63.3 Å². The zero-order valence-electron chi connectivity index (χ0n) is 9.95. The molecule has 0 bridgehead atoms. The average molecular weight is 225 g/mol. The van der Waals surface area contributed by atoms with E-state index in [1.807, 2.05) is 0 Å². The van der Waals surface area contributed by atoms with Crippen LogP contribution in [0.15, 0.2) is 0 Å². The molecule has 0 heterocycles. The van der Waals surface area contributed by atoms with Crippen LogP contribution in [0.3, 0.4) is 0 Å². The van der Waals surface area contributed by atoms with Crippen molar-refractivity contribution in [2.24, 2.45) is 23.0 Å². The maximum atomic E-state index is 10.9. The van der Waals surface area contributed by atoms with Gasteiger partial charge in [0.2, 0.25) is 0 Å². The van der Waals surface area contributed by atoms with Gasteiger partial charge < -0.3 is 10.8 Å². The van der Waals surface area contributed by atoms with Crippen LogP contribution in [0, 0.1) is 17.3 Å². The number of carbonyl (C=O) groups is 1. The van der Waals surface area contributed by atoms with Gasteiger partial charge in [-0.3, -0.25) is 4.79 Å². The Hall–Kier alpha value is -0.570. The van der Waals surface area contributed by atoms with Crippen molar-refractivity contribution < 1.29 is 9.90 Å². The highest BCUT2D eigenvalue weighted by Crippen LogP contribution is 2.49. The minimum absolute atomic E-state index is 0.0929. The monoisotopic (exact) mass is 225 g/mol. The van der Waals surface area contributed by atoms with Crippen molar-refractivity contribution in [3.05, 3.63) is 0 Å².